The Bertz CT molecular complexity index is 679. The van der Waals surface area contributed by atoms with Gasteiger partial charge < -0.3 is 10.8 Å². The summed E-state index contributed by atoms with van der Waals surface area (Å²) in [6.07, 6.45) is 0. The van der Waals surface area contributed by atoms with Crippen LogP contribution >= 0.6 is 0 Å². The van der Waals surface area contributed by atoms with Gasteiger partial charge in [-0.1, -0.05) is 12.1 Å². The van der Waals surface area contributed by atoms with Gasteiger partial charge >= 0.3 is 5.97 Å². The molecule has 0 saturated heterocycles. The van der Waals surface area contributed by atoms with Crippen LogP contribution in [0.3, 0.4) is 0 Å². The van der Waals surface area contributed by atoms with Crippen LogP contribution in [0.25, 0.3) is 10.8 Å². The molecule has 6 heteroatoms. The van der Waals surface area contributed by atoms with Crippen LogP contribution in [-0.4, -0.2) is 16.0 Å². The van der Waals surface area contributed by atoms with E-state index in [1.54, 1.807) is 24.3 Å². The highest BCUT2D eigenvalue weighted by Crippen LogP contribution is 2.26. The third-order valence-corrected chi connectivity index (χ3v) is 3.08. The first-order valence-electron chi connectivity index (χ1n) is 5.53. The fourth-order valence-electron chi connectivity index (χ4n) is 1.79. The second-order valence-electron chi connectivity index (χ2n) is 4.51. The first-order valence-corrected chi connectivity index (χ1v) is 5.53. The van der Waals surface area contributed by atoms with E-state index in [-0.39, 0.29) is 5.69 Å². The first-order chi connectivity index (χ1) is 8.82. The Hall–Kier alpha value is -2.47. The minimum Gasteiger partial charge on any atom is -0.480 e. The number of non-ortho nitro benzene ring substituents is 1. The summed E-state index contributed by atoms with van der Waals surface area (Å²) in [4.78, 5) is 21.3. The molecule has 0 aromatic heterocycles. The van der Waals surface area contributed by atoms with Gasteiger partial charge in [0.15, 0.2) is 0 Å². The van der Waals surface area contributed by atoms with E-state index in [2.05, 4.69) is 0 Å². The van der Waals surface area contributed by atoms with Gasteiger partial charge in [-0.05, 0) is 35.4 Å². The van der Waals surface area contributed by atoms with Crippen LogP contribution in [-0.2, 0) is 10.3 Å². The highest BCUT2D eigenvalue weighted by atomic mass is 16.6. The summed E-state index contributed by atoms with van der Waals surface area (Å²) in [5.74, 6) is -1.13. The van der Waals surface area contributed by atoms with Crippen LogP contribution in [0, 0.1) is 10.1 Å². The summed E-state index contributed by atoms with van der Waals surface area (Å²) < 4.78 is 0. The SMILES string of the molecule is C[C@@](N)(C(=O)O)c1ccc2cc([N+](=O)[O-])ccc2c1. The molecule has 3 N–H and O–H groups in total. The van der Waals surface area contributed by atoms with Crippen LogP contribution in [0.5, 0.6) is 0 Å². The number of nitrogens with zero attached hydrogens (tertiary/aromatic N) is 1. The standard InChI is InChI=1S/C13H12N2O4/c1-13(14,12(16)17)10-4-2-9-7-11(15(18)19)5-3-8(9)6-10/h2-7H,14H2,1H3,(H,16,17)/t13-/m0/s1. The van der Waals surface area contributed by atoms with E-state index in [4.69, 9.17) is 10.8 Å². The summed E-state index contributed by atoms with van der Waals surface area (Å²) in [5.41, 5.74) is 4.69. The normalized spacial score (nSPS) is 14.0. The number of carbonyl (C=O) groups is 1. The number of hydrogen-bond acceptors (Lipinski definition) is 4. The molecule has 0 fully saturated rings. The lowest BCUT2D eigenvalue weighted by molar-refractivity contribution is -0.384. The Morgan fingerprint density at radius 3 is 2.42 bits per heavy atom. The largest absolute Gasteiger partial charge is 0.480 e. The summed E-state index contributed by atoms with van der Waals surface area (Å²) in [5, 5.41) is 21.1. The van der Waals surface area contributed by atoms with Crippen LogP contribution in [0.4, 0.5) is 5.69 Å². The fourth-order valence-corrected chi connectivity index (χ4v) is 1.79. The van der Waals surface area contributed by atoms with E-state index in [9.17, 15) is 14.9 Å². The molecule has 0 radical (unpaired) electrons. The molecule has 19 heavy (non-hydrogen) atoms. The van der Waals surface area contributed by atoms with Crippen molar-refractivity contribution in [3.05, 3.63) is 52.1 Å². The van der Waals surface area contributed by atoms with Crippen molar-refractivity contribution in [3.63, 3.8) is 0 Å². The van der Waals surface area contributed by atoms with Crippen molar-refractivity contribution in [3.8, 4) is 0 Å². The van der Waals surface area contributed by atoms with Crippen LogP contribution in [0.15, 0.2) is 36.4 Å². The second-order valence-corrected chi connectivity index (χ2v) is 4.51. The average Bonchev–Trinajstić information content (AvgIpc) is 2.37. The van der Waals surface area contributed by atoms with Crippen molar-refractivity contribution in [1.82, 2.24) is 0 Å². The molecule has 2 aromatic carbocycles. The minimum absolute atomic E-state index is 0.00556. The van der Waals surface area contributed by atoms with Crippen molar-refractivity contribution in [2.45, 2.75) is 12.5 Å². The molecule has 2 rings (SSSR count). The molecule has 2 aromatic rings. The smallest absolute Gasteiger partial charge is 0.328 e. The zero-order valence-electron chi connectivity index (χ0n) is 10.2. The van der Waals surface area contributed by atoms with Crippen LogP contribution in [0.2, 0.25) is 0 Å². The van der Waals surface area contributed by atoms with Gasteiger partial charge in [-0.25, -0.2) is 4.79 Å². The molecule has 0 unspecified atom stereocenters. The molecule has 0 heterocycles. The molecule has 0 aliphatic heterocycles. The van der Waals surface area contributed by atoms with Gasteiger partial charge in [0.1, 0.15) is 5.54 Å². The molecule has 98 valence electrons. The number of hydrogen-bond donors (Lipinski definition) is 2. The number of aliphatic carboxylic acids is 1. The lowest BCUT2D eigenvalue weighted by Crippen LogP contribution is -2.41. The predicted octanol–water partition coefficient (Wildman–Crippen LogP) is 2.01. The minimum atomic E-state index is -1.49. The van der Waals surface area contributed by atoms with Crippen LogP contribution < -0.4 is 5.73 Å². The molecule has 0 saturated carbocycles. The fraction of sp³-hybridized carbons (Fsp3) is 0.154. The lowest BCUT2D eigenvalue weighted by atomic mass is 9.91. The van der Waals surface area contributed by atoms with Crippen molar-refractivity contribution in [2.24, 2.45) is 5.73 Å². The first kappa shape index (κ1) is 13.0. The highest BCUT2D eigenvalue weighted by Gasteiger charge is 2.30. The number of nitro groups is 1. The molecule has 0 aliphatic rings. The van der Waals surface area contributed by atoms with E-state index >= 15 is 0 Å². The third-order valence-electron chi connectivity index (χ3n) is 3.08. The van der Waals surface area contributed by atoms with Crippen LogP contribution in [0.1, 0.15) is 12.5 Å². The summed E-state index contributed by atoms with van der Waals surface area (Å²) in [6.45, 7) is 1.40. The number of benzene rings is 2. The monoisotopic (exact) mass is 260 g/mol. The van der Waals surface area contributed by atoms with E-state index in [1.807, 2.05) is 0 Å². The van der Waals surface area contributed by atoms with Gasteiger partial charge in [-0.3, -0.25) is 10.1 Å². The third kappa shape index (κ3) is 2.25. The van der Waals surface area contributed by atoms with Crippen molar-refractivity contribution in [1.29, 1.82) is 0 Å². The second kappa shape index (κ2) is 4.33. The van der Waals surface area contributed by atoms with Crippen molar-refractivity contribution >= 4 is 22.4 Å². The quantitative estimate of drug-likeness (QED) is 0.648. The number of fused-ring (bicyclic) bond motifs is 1. The van der Waals surface area contributed by atoms with E-state index in [0.29, 0.717) is 16.3 Å². The number of nitrogens with two attached hydrogens (primary N) is 1. The van der Waals surface area contributed by atoms with Gasteiger partial charge in [-0.15, -0.1) is 0 Å². The maximum absolute atomic E-state index is 11.1. The molecular weight excluding hydrogens is 248 g/mol. The van der Waals surface area contributed by atoms with E-state index in [0.717, 1.165) is 0 Å². The molecule has 0 aliphatic carbocycles. The zero-order valence-corrected chi connectivity index (χ0v) is 10.2. The highest BCUT2D eigenvalue weighted by molar-refractivity contribution is 5.88. The maximum Gasteiger partial charge on any atom is 0.328 e. The number of carboxylic acids is 1. The maximum atomic E-state index is 11.1. The Kier molecular flexibility index (Phi) is 2.95. The van der Waals surface area contributed by atoms with Gasteiger partial charge in [0.2, 0.25) is 0 Å². The Labute approximate surface area is 108 Å². The lowest BCUT2D eigenvalue weighted by Gasteiger charge is -2.20. The topological polar surface area (TPSA) is 106 Å². The summed E-state index contributed by atoms with van der Waals surface area (Å²) in [7, 11) is 0. The number of nitro benzene ring substituents is 1. The van der Waals surface area contributed by atoms with Crippen molar-refractivity contribution in [2.75, 3.05) is 0 Å². The molecule has 6 nitrogen and oxygen atoms in total. The number of rotatable bonds is 3. The van der Waals surface area contributed by atoms with Gasteiger partial charge in [0, 0.05) is 12.1 Å². The molecule has 0 spiro atoms. The molecule has 1 atom stereocenters. The summed E-state index contributed by atoms with van der Waals surface area (Å²) >= 11 is 0. The zero-order chi connectivity index (χ0) is 14.2. The predicted molar refractivity (Wildman–Crippen MR) is 69.8 cm³/mol. The van der Waals surface area contributed by atoms with E-state index < -0.39 is 16.4 Å². The average molecular weight is 260 g/mol. The van der Waals surface area contributed by atoms with E-state index in [1.165, 1.54) is 19.1 Å². The molecular formula is C13H12N2O4. The molecule has 0 bridgehead atoms. The Morgan fingerprint density at radius 2 is 1.84 bits per heavy atom. The molecule has 0 amide bonds. The Balaban J connectivity index is 2.57. The Morgan fingerprint density at radius 1 is 1.26 bits per heavy atom. The summed E-state index contributed by atoms with van der Waals surface area (Å²) in [6, 6.07) is 9.22. The van der Waals surface area contributed by atoms with Crippen molar-refractivity contribution < 1.29 is 14.8 Å². The van der Waals surface area contributed by atoms with Gasteiger partial charge in [-0.2, -0.15) is 0 Å². The number of carboxylic acid groups (broad SMARTS) is 1. The van der Waals surface area contributed by atoms with Gasteiger partial charge in [0.05, 0.1) is 4.92 Å². The van der Waals surface area contributed by atoms with Gasteiger partial charge in [0.25, 0.3) is 5.69 Å².